The smallest absolute Gasteiger partial charge is 0.316 e. The van der Waals surface area contributed by atoms with Crippen molar-refractivity contribution in [3.63, 3.8) is 0 Å². The zero-order valence-electron chi connectivity index (χ0n) is 17.1. The number of aromatic nitrogens is 4. The van der Waals surface area contributed by atoms with Crippen molar-refractivity contribution in [3.8, 4) is 28.5 Å². The van der Waals surface area contributed by atoms with Gasteiger partial charge in [0.2, 0.25) is 0 Å². The molecule has 154 valence electrons. The first kappa shape index (κ1) is 19.8. The van der Waals surface area contributed by atoms with Crippen LogP contribution in [0.5, 0.6) is 6.01 Å². The summed E-state index contributed by atoms with van der Waals surface area (Å²) in [6, 6.07) is 14.5. The van der Waals surface area contributed by atoms with E-state index in [1.54, 1.807) is 18.3 Å². The fourth-order valence-electron chi connectivity index (χ4n) is 3.34. The maximum absolute atomic E-state index is 13.5. The molecule has 0 aliphatic heterocycles. The number of ether oxygens (including phenoxy) is 1. The summed E-state index contributed by atoms with van der Waals surface area (Å²) < 4.78 is 20.9. The molecule has 0 aliphatic rings. The van der Waals surface area contributed by atoms with Gasteiger partial charge in [-0.25, -0.2) is 13.9 Å². The van der Waals surface area contributed by atoms with Gasteiger partial charge in [0, 0.05) is 18.3 Å². The third kappa shape index (κ3) is 3.96. The van der Waals surface area contributed by atoms with E-state index < -0.39 is 0 Å². The molecule has 0 amide bonds. The van der Waals surface area contributed by atoms with Gasteiger partial charge in [0.05, 0.1) is 23.4 Å². The Hall–Kier alpha value is -3.48. The molecule has 3 heterocycles. The standard InChI is InChI=1S/C23H24FN5O/c1-3-5-14-25-20-8-6-7-19-21(18-13-15-26-23(27-18)30-4-2)22(28-29(19)20)16-9-11-17(24)12-10-16/h6-13,15,25H,3-5,14H2,1-2H3. The fraction of sp³-hybridized carbons (Fsp3) is 0.261. The van der Waals surface area contributed by atoms with Gasteiger partial charge in [-0.3, -0.25) is 0 Å². The van der Waals surface area contributed by atoms with E-state index in [0.29, 0.717) is 18.3 Å². The number of halogens is 1. The number of rotatable bonds is 8. The number of nitrogens with one attached hydrogen (secondary N) is 1. The molecule has 0 spiro atoms. The van der Waals surface area contributed by atoms with Crippen LogP contribution in [-0.4, -0.2) is 32.7 Å². The van der Waals surface area contributed by atoms with E-state index in [1.807, 2.05) is 35.7 Å². The molecule has 0 bridgehead atoms. The molecule has 6 nitrogen and oxygen atoms in total. The molecule has 3 aromatic heterocycles. The van der Waals surface area contributed by atoms with Crippen molar-refractivity contribution in [2.24, 2.45) is 0 Å². The molecule has 7 heteroatoms. The predicted molar refractivity (Wildman–Crippen MR) is 116 cm³/mol. The van der Waals surface area contributed by atoms with Gasteiger partial charge in [-0.05, 0) is 55.8 Å². The minimum absolute atomic E-state index is 0.286. The molecular weight excluding hydrogens is 381 g/mol. The molecule has 0 saturated heterocycles. The minimum atomic E-state index is -0.286. The zero-order chi connectivity index (χ0) is 20.9. The highest BCUT2D eigenvalue weighted by Crippen LogP contribution is 2.35. The van der Waals surface area contributed by atoms with Crippen LogP contribution in [-0.2, 0) is 0 Å². The maximum Gasteiger partial charge on any atom is 0.316 e. The number of hydrogen-bond acceptors (Lipinski definition) is 5. The van der Waals surface area contributed by atoms with Gasteiger partial charge in [0.1, 0.15) is 17.3 Å². The van der Waals surface area contributed by atoms with Crippen molar-refractivity contribution in [1.29, 1.82) is 0 Å². The Morgan fingerprint density at radius 1 is 1.07 bits per heavy atom. The van der Waals surface area contributed by atoms with E-state index >= 15 is 0 Å². The quantitative estimate of drug-likeness (QED) is 0.408. The van der Waals surface area contributed by atoms with Crippen molar-refractivity contribution in [1.82, 2.24) is 19.6 Å². The summed E-state index contributed by atoms with van der Waals surface area (Å²) in [5, 5.41) is 8.33. The second-order valence-electron chi connectivity index (χ2n) is 6.88. The van der Waals surface area contributed by atoms with Crippen LogP contribution in [0.1, 0.15) is 26.7 Å². The lowest BCUT2D eigenvalue weighted by molar-refractivity contribution is 0.313. The van der Waals surface area contributed by atoms with Crippen molar-refractivity contribution < 1.29 is 9.13 Å². The van der Waals surface area contributed by atoms with Gasteiger partial charge in [-0.1, -0.05) is 19.4 Å². The number of nitrogens with zero attached hydrogens (tertiary/aromatic N) is 4. The number of benzene rings is 1. The van der Waals surface area contributed by atoms with Crippen molar-refractivity contribution in [2.45, 2.75) is 26.7 Å². The third-order valence-corrected chi connectivity index (χ3v) is 4.77. The minimum Gasteiger partial charge on any atom is -0.464 e. The topological polar surface area (TPSA) is 64.3 Å². The van der Waals surface area contributed by atoms with E-state index in [9.17, 15) is 4.39 Å². The summed E-state index contributed by atoms with van der Waals surface area (Å²) >= 11 is 0. The van der Waals surface area contributed by atoms with Crippen molar-refractivity contribution in [2.75, 3.05) is 18.5 Å². The molecule has 0 aliphatic carbocycles. The second kappa shape index (κ2) is 8.90. The highest BCUT2D eigenvalue weighted by molar-refractivity contribution is 5.91. The SMILES string of the molecule is CCCCNc1cccc2c(-c3ccnc(OCC)n3)c(-c3ccc(F)cc3)nn12. The Bertz CT molecular complexity index is 1140. The second-order valence-corrected chi connectivity index (χ2v) is 6.88. The summed E-state index contributed by atoms with van der Waals surface area (Å²) in [6.45, 7) is 5.39. The molecule has 4 rings (SSSR count). The van der Waals surface area contributed by atoms with Gasteiger partial charge in [-0.15, -0.1) is 0 Å². The van der Waals surface area contributed by atoms with Crippen LogP contribution in [0.25, 0.3) is 28.0 Å². The molecule has 1 aromatic carbocycles. The summed E-state index contributed by atoms with van der Waals surface area (Å²) in [7, 11) is 0. The largest absolute Gasteiger partial charge is 0.464 e. The third-order valence-electron chi connectivity index (χ3n) is 4.77. The number of fused-ring (bicyclic) bond motifs is 1. The highest BCUT2D eigenvalue weighted by Gasteiger charge is 2.19. The lowest BCUT2D eigenvalue weighted by atomic mass is 10.0. The Kier molecular flexibility index (Phi) is 5.88. The number of pyridine rings is 1. The van der Waals surface area contributed by atoms with Crippen molar-refractivity contribution >= 4 is 11.3 Å². The van der Waals surface area contributed by atoms with Crippen LogP contribution >= 0.6 is 0 Å². The molecule has 0 atom stereocenters. The van der Waals surface area contributed by atoms with Gasteiger partial charge < -0.3 is 10.1 Å². The van der Waals surface area contributed by atoms with E-state index in [0.717, 1.165) is 47.5 Å². The van der Waals surface area contributed by atoms with Crippen LogP contribution in [0, 0.1) is 5.82 Å². The van der Waals surface area contributed by atoms with Crippen LogP contribution in [0.15, 0.2) is 54.7 Å². The molecule has 0 radical (unpaired) electrons. The Labute approximate surface area is 174 Å². The Morgan fingerprint density at radius 3 is 2.67 bits per heavy atom. The fourth-order valence-corrected chi connectivity index (χ4v) is 3.34. The maximum atomic E-state index is 13.5. The van der Waals surface area contributed by atoms with Gasteiger partial charge in [0.25, 0.3) is 0 Å². The van der Waals surface area contributed by atoms with Crippen molar-refractivity contribution in [3.05, 3.63) is 60.5 Å². The van der Waals surface area contributed by atoms with E-state index in [2.05, 4.69) is 22.2 Å². The summed E-state index contributed by atoms with van der Waals surface area (Å²) in [5.74, 6) is 0.612. The summed E-state index contributed by atoms with van der Waals surface area (Å²) in [4.78, 5) is 8.76. The molecule has 0 unspecified atom stereocenters. The van der Waals surface area contributed by atoms with Crippen LogP contribution in [0.2, 0.25) is 0 Å². The molecular formula is C23H24FN5O. The van der Waals surface area contributed by atoms with Gasteiger partial charge in [0.15, 0.2) is 0 Å². The van der Waals surface area contributed by atoms with Gasteiger partial charge in [-0.2, -0.15) is 10.1 Å². The van der Waals surface area contributed by atoms with E-state index in [1.165, 1.54) is 12.1 Å². The van der Waals surface area contributed by atoms with Gasteiger partial charge >= 0.3 is 6.01 Å². The lowest BCUT2D eigenvalue weighted by Crippen LogP contribution is -2.06. The predicted octanol–water partition coefficient (Wildman–Crippen LogP) is 5.21. The monoisotopic (exact) mass is 405 g/mol. The van der Waals surface area contributed by atoms with Crippen LogP contribution < -0.4 is 10.1 Å². The number of hydrogen-bond donors (Lipinski definition) is 1. The molecule has 30 heavy (non-hydrogen) atoms. The highest BCUT2D eigenvalue weighted by atomic mass is 19.1. The Morgan fingerprint density at radius 2 is 1.90 bits per heavy atom. The summed E-state index contributed by atoms with van der Waals surface area (Å²) in [5.41, 5.74) is 3.99. The molecule has 0 saturated carbocycles. The van der Waals surface area contributed by atoms with Crippen LogP contribution in [0.4, 0.5) is 10.2 Å². The first-order valence-electron chi connectivity index (χ1n) is 10.2. The lowest BCUT2D eigenvalue weighted by Gasteiger charge is -2.08. The van der Waals surface area contributed by atoms with E-state index in [4.69, 9.17) is 9.84 Å². The number of anilines is 1. The van der Waals surface area contributed by atoms with E-state index in [-0.39, 0.29) is 5.82 Å². The molecule has 4 aromatic rings. The average molecular weight is 405 g/mol. The first-order valence-corrected chi connectivity index (χ1v) is 10.2. The Balaban J connectivity index is 1.91. The summed E-state index contributed by atoms with van der Waals surface area (Å²) in [6.07, 6.45) is 3.85. The first-order chi connectivity index (χ1) is 14.7. The average Bonchev–Trinajstić information content (AvgIpc) is 3.15. The number of unbranched alkanes of at least 4 members (excludes halogenated alkanes) is 1. The molecule has 1 N–H and O–H groups in total. The zero-order valence-corrected chi connectivity index (χ0v) is 17.1. The molecule has 0 fully saturated rings. The normalized spacial score (nSPS) is 11.0. The van der Waals surface area contributed by atoms with Crippen LogP contribution in [0.3, 0.4) is 0 Å².